The lowest BCUT2D eigenvalue weighted by molar-refractivity contribution is -0.0691. The summed E-state index contributed by atoms with van der Waals surface area (Å²) < 4.78 is 5.98. The Labute approximate surface area is 128 Å². The summed E-state index contributed by atoms with van der Waals surface area (Å²) in [5.74, 6) is 0. The maximum Gasteiger partial charge on any atom is 0.315 e. The third-order valence-electron chi connectivity index (χ3n) is 4.84. The van der Waals surface area contributed by atoms with Crippen LogP contribution in [0.25, 0.3) is 0 Å². The van der Waals surface area contributed by atoms with E-state index in [2.05, 4.69) is 10.6 Å². The van der Waals surface area contributed by atoms with Crippen molar-refractivity contribution in [3.8, 4) is 0 Å². The molecule has 1 heterocycles. The zero-order valence-corrected chi connectivity index (χ0v) is 14.4. The summed E-state index contributed by atoms with van der Waals surface area (Å²) in [7, 11) is 0. The van der Waals surface area contributed by atoms with Crippen LogP contribution in [0.2, 0.25) is 0 Å². The fraction of sp³-hybridized carbons (Fsp3) is 0.938. The van der Waals surface area contributed by atoms with E-state index in [9.17, 15) is 9.90 Å². The molecule has 0 bridgehead atoms. The number of urea groups is 1. The first-order chi connectivity index (χ1) is 9.60. The van der Waals surface area contributed by atoms with Crippen LogP contribution in [0, 0.1) is 5.41 Å². The van der Waals surface area contributed by atoms with Crippen molar-refractivity contribution in [3.63, 3.8) is 0 Å². The molecule has 2 amide bonds. The molecule has 0 aromatic rings. The fourth-order valence-corrected chi connectivity index (χ4v) is 3.04. The van der Waals surface area contributed by atoms with Gasteiger partial charge in [-0.15, -0.1) is 0 Å². The number of rotatable bonds is 6. The molecule has 5 nitrogen and oxygen atoms in total. The molecule has 0 aromatic heterocycles. The number of carbonyl (C=O) groups excluding carboxylic acids is 1. The Morgan fingerprint density at radius 1 is 1.29 bits per heavy atom. The first-order valence-corrected chi connectivity index (χ1v) is 7.95. The van der Waals surface area contributed by atoms with Gasteiger partial charge in [0, 0.05) is 12.0 Å². The van der Waals surface area contributed by atoms with E-state index in [1.807, 2.05) is 41.5 Å². The predicted molar refractivity (Wildman–Crippen MR) is 84.3 cm³/mol. The zero-order chi connectivity index (χ0) is 16.3. The van der Waals surface area contributed by atoms with Gasteiger partial charge in [-0.25, -0.2) is 4.79 Å². The van der Waals surface area contributed by atoms with Gasteiger partial charge in [0.2, 0.25) is 0 Å². The average Bonchev–Trinajstić information content (AvgIpc) is 2.59. The number of aliphatic hydroxyl groups is 1. The van der Waals surface area contributed by atoms with Gasteiger partial charge < -0.3 is 20.5 Å². The summed E-state index contributed by atoms with van der Waals surface area (Å²) in [6.45, 7) is 12.7. The van der Waals surface area contributed by atoms with Crippen molar-refractivity contribution in [1.82, 2.24) is 10.6 Å². The van der Waals surface area contributed by atoms with Crippen LogP contribution in [0.4, 0.5) is 4.79 Å². The molecule has 3 N–H and O–H groups in total. The minimum absolute atomic E-state index is 0.0146. The molecule has 1 saturated heterocycles. The van der Waals surface area contributed by atoms with E-state index in [0.29, 0.717) is 6.54 Å². The number of nitrogens with one attached hydrogen (secondary N) is 2. The van der Waals surface area contributed by atoms with Gasteiger partial charge in [0.15, 0.2) is 0 Å². The Hall–Kier alpha value is -0.810. The monoisotopic (exact) mass is 300 g/mol. The molecule has 1 aliphatic heterocycles. The summed E-state index contributed by atoms with van der Waals surface area (Å²) in [4.78, 5) is 12.1. The van der Waals surface area contributed by atoms with E-state index < -0.39 is 0 Å². The van der Waals surface area contributed by atoms with E-state index in [4.69, 9.17) is 4.74 Å². The number of amides is 2. The molecule has 0 aliphatic carbocycles. The molecule has 0 radical (unpaired) electrons. The highest BCUT2D eigenvalue weighted by Gasteiger charge is 2.46. The summed E-state index contributed by atoms with van der Waals surface area (Å²) in [6.07, 6.45) is 2.47. The largest absolute Gasteiger partial charge is 0.396 e. The van der Waals surface area contributed by atoms with Gasteiger partial charge in [0.25, 0.3) is 0 Å². The molecule has 5 heteroatoms. The molecule has 0 spiro atoms. The van der Waals surface area contributed by atoms with Gasteiger partial charge in [-0.1, -0.05) is 13.8 Å². The highest BCUT2D eigenvalue weighted by molar-refractivity contribution is 5.74. The number of ether oxygens (including phenoxy) is 1. The third-order valence-corrected chi connectivity index (χ3v) is 4.84. The van der Waals surface area contributed by atoms with Crippen LogP contribution >= 0.6 is 0 Å². The summed E-state index contributed by atoms with van der Waals surface area (Å²) in [6, 6.07) is -0.201. The lowest BCUT2D eigenvalue weighted by Crippen LogP contribution is -2.51. The Morgan fingerprint density at radius 3 is 2.24 bits per heavy atom. The molecular weight excluding hydrogens is 268 g/mol. The van der Waals surface area contributed by atoms with Crippen LogP contribution in [0.15, 0.2) is 0 Å². The number of hydrogen-bond acceptors (Lipinski definition) is 3. The standard InChI is InChI=1S/C16H32N2O3/c1-7-16(8-2,11-19)10-17-13(20)18-12-9-14(3,4)21-15(12,5)6/h12,19H,7-11H2,1-6H3,(H2,17,18,20). The number of hydrogen-bond donors (Lipinski definition) is 3. The van der Waals surface area contributed by atoms with Gasteiger partial charge in [-0.05, 0) is 47.0 Å². The lowest BCUT2D eigenvalue weighted by Gasteiger charge is -2.31. The van der Waals surface area contributed by atoms with Gasteiger partial charge in [0.05, 0.1) is 23.9 Å². The third kappa shape index (κ3) is 4.58. The highest BCUT2D eigenvalue weighted by atomic mass is 16.5. The second-order valence-electron chi connectivity index (χ2n) is 7.41. The Morgan fingerprint density at radius 2 is 1.86 bits per heavy atom. The van der Waals surface area contributed by atoms with E-state index in [-0.39, 0.29) is 35.3 Å². The summed E-state index contributed by atoms with van der Waals surface area (Å²) in [5, 5.41) is 15.4. The summed E-state index contributed by atoms with van der Waals surface area (Å²) in [5.41, 5.74) is -0.814. The minimum Gasteiger partial charge on any atom is -0.396 e. The van der Waals surface area contributed by atoms with Crippen molar-refractivity contribution in [2.45, 2.75) is 78.0 Å². The normalized spacial score (nSPS) is 23.9. The van der Waals surface area contributed by atoms with Crippen LogP contribution in [-0.4, -0.2) is 41.5 Å². The molecule has 21 heavy (non-hydrogen) atoms. The van der Waals surface area contributed by atoms with Crippen molar-refractivity contribution in [2.24, 2.45) is 5.41 Å². The number of carbonyl (C=O) groups is 1. The first kappa shape index (κ1) is 18.2. The Balaban J connectivity index is 2.55. The molecule has 1 unspecified atom stereocenters. The first-order valence-electron chi connectivity index (χ1n) is 7.95. The Bertz CT molecular complexity index is 354. The van der Waals surface area contributed by atoms with Crippen molar-refractivity contribution < 1.29 is 14.6 Å². The summed E-state index contributed by atoms with van der Waals surface area (Å²) >= 11 is 0. The van der Waals surface area contributed by atoms with Crippen LogP contribution in [-0.2, 0) is 4.74 Å². The SMILES string of the molecule is CCC(CC)(CO)CNC(=O)NC1CC(C)(C)OC1(C)C. The van der Waals surface area contributed by atoms with Gasteiger partial charge in [-0.3, -0.25) is 0 Å². The van der Waals surface area contributed by atoms with E-state index in [1.165, 1.54) is 0 Å². The maximum atomic E-state index is 12.1. The highest BCUT2D eigenvalue weighted by Crippen LogP contribution is 2.37. The minimum atomic E-state index is -0.371. The zero-order valence-electron chi connectivity index (χ0n) is 14.4. The van der Waals surface area contributed by atoms with Crippen LogP contribution in [0.1, 0.15) is 60.8 Å². The van der Waals surface area contributed by atoms with Crippen molar-refractivity contribution >= 4 is 6.03 Å². The van der Waals surface area contributed by atoms with E-state index in [1.54, 1.807) is 0 Å². The molecule has 124 valence electrons. The molecule has 1 fully saturated rings. The van der Waals surface area contributed by atoms with Gasteiger partial charge >= 0.3 is 6.03 Å². The molecule has 0 saturated carbocycles. The second kappa shape index (κ2) is 6.53. The average molecular weight is 300 g/mol. The van der Waals surface area contributed by atoms with Gasteiger partial charge in [0.1, 0.15) is 0 Å². The molecular formula is C16H32N2O3. The van der Waals surface area contributed by atoms with Crippen molar-refractivity contribution in [1.29, 1.82) is 0 Å². The Kier molecular flexibility index (Phi) is 5.67. The quantitative estimate of drug-likeness (QED) is 0.705. The van der Waals surface area contributed by atoms with Crippen molar-refractivity contribution in [3.05, 3.63) is 0 Å². The van der Waals surface area contributed by atoms with E-state index >= 15 is 0 Å². The fourth-order valence-electron chi connectivity index (χ4n) is 3.04. The lowest BCUT2D eigenvalue weighted by atomic mass is 9.83. The molecule has 1 aliphatic rings. The van der Waals surface area contributed by atoms with Crippen LogP contribution in [0.5, 0.6) is 0 Å². The maximum absolute atomic E-state index is 12.1. The topological polar surface area (TPSA) is 70.6 Å². The van der Waals surface area contributed by atoms with Crippen molar-refractivity contribution in [2.75, 3.05) is 13.2 Å². The smallest absolute Gasteiger partial charge is 0.315 e. The van der Waals surface area contributed by atoms with Crippen LogP contribution < -0.4 is 10.6 Å². The second-order valence-corrected chi connectivity index (χ2v) is 7.41. The predicted octanol–water partition coefficient (Wildman–Crippen LogP) is 2.43. The van der Waals surface area contributed by atoms with E-state index in [0.717, 1.165) is 19.3 Å². The molecule has 1 rings (SSSR count). The number of aliphatic hydroxyl groups excluding tert-OH is 1. The van der Waals surface area contributed by atoms with Crippen LogP contribution in [0.3, 0.4) is 0 Å². The molecule has 0 aromatic carbocycles. The van der Waals surface area contributed by atoms with Gasteiger partial charge in [-0.2, -0.15) is 0 Å². The molecule has 1 atom stereocenters.